The topological polar surface area (TPSA) is 49.5 Å². The molecule has 1 rings (SSSR count). The number of anilines is 1. The van der Waals surface area contributed by atoms with Gasteiger partial charge in [0.05, 0.1) is 6.10 Å². The number of nitrogen functional groups attached to an aromatic ring is 1. The summed E-state index contributed by atoms with van der Waals surface area (Å²) < 4.78 is 0. The van der Waals surface area contributed by atoms with Gasteiger partial charge in [-0.05, 0) is 37.7 Å². The van der Waals surface area contributed by atoms with E-state index in [1.54, 1.807) is 0 Å². The van der Waals surface area contributed by atoms with E-state index >= 15 is 0 Å². The Kier molecular flexibility index (Phi) is 4.59. The van der Waals surface area contributed by atoms with Crippen LogP contribution in [-0.4, -0.2) is 30.1 Å². The highest BCUT2D eigenvalue weighted by molar-refractivity contribution is 5.41. The highest BCUT2D eigenvalue weighted by Crippen LogP contribution is 2.16. The molecule has 15 heavy (non-hydrogen) atoms. The van der Waals surface area contributed by atoms with E-state index in [9.17, 15) is 5.11 Å². The number of hydrogen-bond acceptors (Lipinski definition) is 3. The number of likely N-dealkylation sites (N-methyl/N-ethyl adjacent to an activating group) is 1. The van der Waals surface area contributed by atoms with Crippen LogP contribution in [0, 0.1) is 0 Å². The Morgan fingerprint density at radius 3 is 2.80 bits per heavy atom. The molecule has 0 amide bonds. The van der Waals surface area contributed by atoms with Gasteiger partial charge in [-0.15, -0.1) is 0 Å². The van der Waals surface area contributed by atoms with Crippen LogP contribution in [0.15, 0.2) is 24.3 Å². The fraction of sp³-hybridized carbons (Fsp3) is 0.500. The number of aliphatic hydroxyl groups excluding tert-OH is 1. The third-order valence-corrected chi connectivity index (χ3v) is 2.39. The Morgan fingerprint density at radius 2 is 2.20 bits per heavy atom. The molecule has 1 aromatic carbocycles. The predicted octanol–water partition coefficient (Wildman–Crippen LogP) is 1.64. The average molecular weight is 208 g/mol. The molecule has 84 valence electrons. The van der Waals surface area contributed by atoms with Crippen molar-refractivity contribution in [3.05, 3.63) is 29.8 Å². The van der Waals surface area contributed by atoms with Gasteiger partial charge in [0, 0.05) is 12.2 Å². The molecule has 3 N–H and O–H groups in total. The zero-order valence-corrected chi connectivity index (χ0v) is 9.48. The largest absolute Gasteiger partial charge is 0.399 e. The monoisotopic (exact) mass is 208 g/mol. The fourth-order valence-corrected chi connectivity index (χ4v) is 1.64. The molecule has 0 radical (unpaired) electrons. The summed E-state index contributed by atoms with van der Waals surface area (Å²) in [5, 5.41) is 9.94. The Hall–Kier alpha value is -1.06. The standard InChI is InChI=1S/C12H20N2O/c1-3-7-14(2)9-12(15)10-5-4-6-11(13)8-10/h4-6,8,12,15H,3,7,9,13H2,1-2H3/t12-/m0/s1. The van der Waals surface area contributed by atoms with Gasteiger partial charge >= 0.3 is 0 Å². The maximum atomic E-state index is 9.94. The molecule has 0 heterocycles. The summed E-state index contributed by atoms with van der Waals surface area (Å²) in [6.07, 6.45) is 0.644. The van der Waals surface area contributed by atoms with Crippen molar-refractivity contribution < 1.29 is 5.11 Å². The van der Waals surface area contributed by atoms with E-state index in [0.29, 0.717) is 12.2 Å². The van der Waals surface area contributed by atoms with Gasteiger partial charge in [-0.2, -0.15) is 0 Å². The van der Waals surface area contributed by atoms with E-state index in [-0.39, 0.29) is 0 Å². The van der Waals surface area contributed by atoms with Crippen LogP contribution < -0.4 is 5.73 Å². The number of nitrogens with zero attached hydrogens (tertiary/aromatic N) is 1. The van der Waals surface area contributed by atoms with Gasteiger partial charge in [0.15, 0.2) is 0 Å². The lowest BCUT2D eigenvalue weighted by Gasteiger charge is -2.20. The second kappa shape index (κ2) is 5.73. The van der Waals surface area contributed by atoms with Crippen LogP contribution in [0.4, 0.5) is 5.69 Å². The number of benzene rings is 1. The molecular weight excluding hydrogens is 188 g/mol. The van der Waals surface area contributed by atoms with Crippen LogP contribution >= 0.6 is 0 Å². The minimum absolute atomic E-state index is 0.454. The minimum atomic E-state index is -0.454. The number of aliphatic hydroxyl groups is 1. The van der Waals surface area contributed by atoms with Crippen molar-refractivity contribution in [3.8, 4) is 0 Å². The maximum absolute atomic E-state index is 9.94. The highest BCUT2D eigenvalue weighted by atomic mass is 16.3. The third-order valence-electron chi connectivity index (χ3n) is 2.39. The number of nitrogens with two attached hydrogens (primary N) is 1. The van der Waals surface area contributed by atoms with Gasteiger partial charge in [-0.1, -0.05) is 19.1 Å². The van der Waals surface area contributed by atoms with Crippen molar-refractivity contribution in [2.24, 2.45) is 0 Å². The molecule has 0 aliphatic rings. The molecule has 0 aliphatic carbocycles. The summed E-state index contributed by atoms with van der Waals surface area (Å²) in [4.78, 5) is 2.12. The van der Waals surface area contributed by atoms with Crippen LogP contribution in [-0.2, 0) is 0 Å². The molecular formula is C12H20N2O. The van der Waals surface area contributed by atoms with Crippen molar-refractivity contribution in [3.63, 3.8) is 0 Å². The van der Waals surface area contributed by atoms with Crippen LogP contribution in [0.25, 0.3) is 0 Å². The zero-order chi connectivity index (χ0) is 11.3. The molecule has 0 spiro atoms. The lowest BCUT2D eigenvalue weighted by atomic mass is 10.1. The van der Waals surface area contributed by atoms with Gasteiger partial charge in [-0.25, -0.2) is 0 Å². The fourth-order valence-electron chi connectivity index (χ4n) is 1.64. The average Bonchev–Trinajstić information content (AvgIpc) is 2.18. The Morgan fingerprint density at radius 1 is 1.47 bits per heavy atom. The van der Waals surface area contributed by atoms with Gasteiger partial charge in [0.25, 0.3) is 0 Å². The van der Waals surface area contributed by atoms with Crippen molar-refractivity contribution in [2.45, 2.75) is 19.4 Å². The SMILES string of the molecule is CCCN(C)C[C@H](O)c1cccc(N)c1. The molecule has 0 aromatic heterocycles. The molecule has 0 saturated carbocycles. The molecule has 0 unspecified atom stereocenters. The Balaban J connectivity index is 2.56. The first-order valence-electron chi connectivity index (χ1n) is 5.35. The van der Waals surface area contributed by atoms with Crippen molar-refractivity contribution >= 4 is 5.69 Å². The van der Waals surface area contributed by atoms with E-state index in [2.05, 4.69) is 11.8 Å². The summed E-state index contributed by atoms with van der Waals surface area (Å²) in [5.74, 6) is 0. The van der Waals surface area contributed by atoms with Gasteiger partial charge in [-0.3, -0.25) is 0 Å². The molecule has 3 nitrogen and oxygen atoms in total. The van der Waals surface area contributed by atoms with Crippen molar-refractivity contribution in [1.29, 1.82) is 0 Å². The second-order valence-corrected chi connectivity index (χ2v) is 3.95. The number of rotatable bonds is 5. The molecule has 1 aromatic rings. The zero-order valence-electron chi connectivity index (χ0n) is 9.48. The second-order valence-electron chi connectivity index (χ2n) is 3.95. The van der Waals surface area contributed by atoms with Crippen LogP contribution in [0.5, 0.6) is 0 Å². The quantitative estimate of drug-likeness (QED) is 0.723. The molecule has 0 aliphatic heterocycles. The van der Waals surface area contributed by atoms with E-state index in [1.807, 2.05) is 31.3 Å². The minimum Gasteiger partial charge on any atom is -0.399 e. The number of hydrogen-bond donors (Lipinski definition) is 2. The van der Waals surface area contributed by atoms with E-state index < -0.39 is 6.10 Å². The van der Waals surface area contributed by atoms with Crippen LogP contribution in [0.3, 0.4) is 0 Å². The first-order valence-corrected chi connectivity index (χ1v) is 5.35. The van der Waals surface area contributed by atoms with E-state index in [0.717, 1.165) is 18.5 Å². The summed E-state index contributed by atoms with van der Waals surface area (Å²) in [5.41, 5.74) is 7.25. The van der Waals surface area contributed by atoms with E-state index in [1.165, 1.54) is 0 Å². The Bertz CT molecular complexity index is 301. The smallest absolute Gasteiger partial charge is 0.0917 e. The normalized spacial score (nSPS) is 13.1. The first kappa shape index (κ1) is 12.0. The van der Waals surface area contributed by atoms with E-state index in [4.69, 9.17) is 5.73 Å². The highest BCUT2D eigenvalue weighted by Gasteiger charge is 2.09. The van der Waals surface area contributed by atoms with Gasteiger partial charge in [0.2, 0.25) is 0 Å². The van der Waals surface area contributed by atoms with Crippen molar-refractivity contribution in [2.75, 3.05) is 25.9 Å². The Labute approximate surface area is 91.5 Å². The molecule has 1 atom stereocenters. The van der Waals surface area contributed by atoms with Crippen LogP contribution in [0.1, 0.15) is 25.0 Å². The predicted molar refractivity (Wildman–Crippen MR) is 63.6 cm³/mol. The molecule has 0 bridgehead atoms. The molecule has 0 saturated heterocycles. The summed E-state index contributed by atoms with van der Waals surface area (Å²) >= 11 is 0. The van der Waals surface area contributed by atoms with Crippen molar-refractivity contribution in [1.82, 2.24) is 4.90 Å². The first-order chi connectivity index (χ1) is 7.13. The summed E-state index contributed by atoms with van der Waals surface area (Å²) in [6.45, 7) is 3.78. The lowest BCUT2D eigenvalue weighted by Crippen LogP contribution is -2.25. The summed E-state index contributed by atoms with van der Waals surface area (Å²) in [7, 11) is 2.01. The van der Waals surface area contributed by atoms with Gasteiger partial charge in [0.1, 0.15) is 0 Å². The van der Waals surface area contributed by atoms with Crippen LogP contribution in [0.2, 0.25) is 0 Å². The van der Waals surface area contributed by atoms with Gasteiger partial charge < -0.3 is 15.7 Å². The maximum Gasteiger partial charge on any atom is 0.0917 e. The molecule has 0 fully saturated rings. The third kappa shape index (κ3) is 3.90. The molecule has 3 heteroatoms. The lowest BCUT2D eigenvalue weighted by molar-refractivity contribution is 0.127. The summed E-state index contributed by atoms with van der Waals surface area (Å²) in [6, 6.07) is 7.42.